The Kier molecular flexibility index (Phi) is 4.77. The molecule has 2 fully saturated rings. The second kappa shape index (κ2) is 6.96. The Morgan fingerprint density at radius 1 is 1.27 bits per heavy atom. The van der Waals surface area contributed by atoms with Crippen molar-refractivity contribution in [2.45, 2.75) is 38.4 Å². The van der Waals surface area contributed by atoms with E-state index in [-0.39, 0.29) is 18.3 Å². The van der Waals surface area contributed by atoms with Gasteiger partial charge in [0.15, 0.2) is 0 Å². The normalized spacial score (nSPS) is 22.6. The summed E-state index contributed by atoms with van der Waals surface area (Å²) in [6.07, 6.45) is 3.88. The van der Waals surface area contributed by atoms with Gasteiger partial charge >= 0.3 is 6.09 Å². The van der Waals surface area contributed by atoms with Crippen LogP contribution in [0.25, 0.3) is 0 Å². The lowest BCUT2D eigenvalue weighted by Gasteiger charge is -2.25. The summed E-state index contributed by atoms with van der Waals surface area (Å²) in [6.45, 7) is 4.54. The maximum Gasteiger partial charge on any atom is 0.410 e. The molecular weight excluding hydrogens is 284 g/mol. The topological polar surface area (TPSA) is 60.9 Å². The van der Waals surface area contributed by atoms with Crippen LogP contribution in [0.5, 0.6) is 5.88 Å². The van der Waals surface area contributed by atoms with Crippen LogP contribution in [0.15, 0.2) is 18.3 Å². The third-order valence-corrected chi connectivity index (χ3v) is 4.01. The largest absolute Gasteiger partial charge is 0.472 e. The maximum atomic E-state index is 12.1. The van der Waals surface area contributed by atoms with E-state index in [9.17, 15) is 4.79 Å². The van der Waals surface area contributed by atoms with E-state index < -0.39 is 0 Å². The molecule has 0 N–H and O–H groups in total. The van der Waals surface area contributed by atoms with Gasteiger partial charge < -0.3 is 19.1 Å². The molecule has 1 aromatic rings. The van der Waals surface area contributed by atoms with Gasteiger partial charge in [0.25, 0.3) is 0 Å². The summed E-state index contributed by atoms with van der Waals surface area (Å²) in [4.78, 5) is 18.1. The average molecular weight is 306 g/mol. The van der Waals surface area contributed by atoms with Crippen molar-refractivity contribution in [3.8, 4) is 5.88 Å². The highest BCUT2D eigenvalue weighted by atomic mass is 16.6. The highest BCUT2D eigenvalue weighted by Gasteiger charge is 2.30. The summed E-state index contributed by atoms with van der Waals surface area (Å²) < 4.78 is 16.6. The van der Waals surface area contributed by atoms with E-state index in [1.807, 2.05) is 19.1 Å². The molecule has 2 aliphatic heterocycles. The van der Waals surface area contributed by atoms with Crippen molar-refractivity contribution in [2.75, 3.05) is 26.3 Å². The lowest BCUT2D eigenvalue weighted by atomic mass is 10.2. The van der Waals surface area contributed by atoms with Crippen LogP contribution in [-0.4, -0.2) is 54.5 Å². The number of aryl methyl sites for hydroxylation is 1. The van der Waals surface area contributed by atoms with Gasteiger partial charge in [0.05, 0.1) is 19.8 Å². The summed E-state index contributed by atoms with van der Waals surface area (Å²) in [5.74, 6) is 0.607. The van der Waals surface area contributed by atoms with Gasteiger partial charge in [-0.3, -0.25) is 0 Å². The molecule has 0 saturated carbocycles. The predicted octanol–water partition coefficient (Wildman–Crippen LogP) is 2.16. The van der Waals surface area contributed by atoms with E-state index in [1.165, 1.54) is 0 Å². The number of ether oxygens (including phenoxy) is 3. The third-order valence-electron chi connectivity index (χ3n) is 4.01. The first-order chi connectivity index (χ1) is 10.7. The second-order valence-electron chi connectivity index (χ2n) is 5.84. The van der Waals surface area contributed by atoms with Crippen molar-refractivity contribution in [3.05, 3.63) is 23.9 Å². The molecule has 2 aliphatic rings. The highest BCUT2D eigenvalue weighted by Crippen LogP contribution is 2.19. The fourth-order valence-electron chi connectivity index (χ4n) is 2.70. The van der Waals surface area contributed by atoms with Crippen LogP contribution in [-0.2, 0) is 9.47 Å². The number of nitrogens with zero attached hydrogens (tertiary/aromatic N) is 2. The van der Waals surface area contributed by atoms with Gasteiger partial charge in [-0.2, -0.15) is 0 Å². The molecule has 2 saturated heterocycles. The van der Waals surface area contributed by atoms with Crippen molar-refractivity contribution in [3.63, 3.8) is 0 Å². The number of hydrogen-bond donors (Lipinski definition) is 0. The molecule has 0 aliphatic carbocycles. The van der Waals surface area contributed by atoms with Gasteiger partial charge in [-0.15, -0.1) is 0 Å². The summed E-state index contributed by atoms with van der Waals surface area (Å²) in [7, 11) is 0. The molecule has 0 spiro atoms. The minimum absolute atomic E-state index is 0.0139. The van der Waals surface area contributed by atoms with Crippen LogP contribution in [0.2, 0.25) is 0 Å². The molecule has 0 aromatic carbocycles. The first-order valence-corrected chi connectivity index (χ1v) is 7.83. The van der Waals surface area contributed by atoms with E-state index in [4.69, 9.17) is 14.2 Å². The SMILES string of the molecule is Cc1ccc(OC2CCN(C(=O)OC3CCOCC3)C2)nc1. The number of hydrogen-bond acceptors (Lipinski definition) is 5. The monoisotopic (exact) mass is 306 g/mol. The Balaban J connectivity index is 1.46. The quantitative estimate of drug-likeness (QED) is 0.856. The Hall–Kier alpha value is -1.82. The predicted molar refractivity (Wildman–Crippen MR) is 79.9 cm³/mol. The number of amides is 1. The number of carbonyl (C=O) groups excluding carboxylic acids is 1. The van der Waals surface area contributed by atoms with E-state index >= 15 is 0 Å². The van der Waals surface area contributed by atoms with Crippen molar-refractivity contribution < 1.29 is 19.0 Å². The molecule has 1 atom stereocenters. The maximum absolute atomic E-state index is 12.1. The zero-order valence-corrected chi connectivity index (χ0v) is 12.9. The third kappa shape index (κ3) is 3.88. The van der Waals surface area contributed by atoms with E-state index in [1.54, 1.807) is 11.1 Å². The van der Waals surface area contributed by atoms with Gasteiger partial charge in [-0.25, -0.2) is 9.78 Å². The average Bonchev–Trinajstić information content (AvgIpc) is 2.99. The van der Waals surface area contributed by atoms with Gasteiger partial charge in [-0.1, -0.05) is 6.07 Å². The van der Waals surface area contributed by atoms with Gasteiger partial charge in [0.1, 0.15) is 12.2 Å². The zero-order chi connectivity index (χ0) is 15.4. The first-order valence-electron chi connectivity index (χ1n) is 7.83. The minimum Gasteiger partial charge on any atom is -0.472 e. The summed E-state index contributed by atoms with van der Waals surface area (Å²) in [6, 6.07) is 3.83. The molecule has 6 heteroatoms. The van der Waals surface area contributed by atoms with Gasteiger partial charge in [0, 0.05) is 38.1 Å². The lowest BCUT2D eigenvalue weighted by molar-refractivity contribution is -0.00898. The fraction of sp³-hybridized carbons (Fsp3) is 0.625. The number of carbonyl (C=O) groups is 1. The Labute approximate surface area is 130 Å². The molecule has 3 heterocycles. The van der Waals surface area contributed by atoms with E-state index in [2.05, 4.69) is 4.98 Å². The van der Waals surface area contributed by atoms with Crippen LogP contribution in [0.1, 0.15) is 24.8 Å². The fourth-order valence-corrected chi connectivity index (χ4v) is 2.70. The molecule has 22 heavy (non-hydrogen) atoms. The smallest absolute Gasteiger partial charge is 0.410 e. The Morgan fingerprint density at radius 3 is 2.82 bits per heavy atom. The molecule has 0 bridgehead atoms. The zero-order valence-electron chi connectivity index (χ0n) is 12.9. The number of likely N-dealkylation sites (tertiary alicyclic amines) is 1. The lowest BCUT2D eigenvalue weighted by Crippen LogP contribution is -2.36. The summed E-state index contributed by atoms with van der Waals surface area (Å²) >= 11 is 0. The van der Waals surface area contributed by atoms with Gasteiger partial charge in [0.2, 0.25) is 5.88 Å². The van der Waals surface area contributed by atoms with Crippen molar-refractivity contribution in [1.29, 1.82) is 0 Å². The number of rotatable bonds is 3. The minimum atomic E-state index is -0.241. The van der Waals surface area contributed by atoms with E-state index in [0.717, 1.165) is 24.8 Å². The van der Waals surface area contributed by atoms with Crippen LogP contribution in [0.3, 0.4) is 0 Å². The van der Waals surface area contributed by atoms with Crippen molar-refractivity contribution in [1.82, 2.24) is 9.88 Å². The molecule has 0 radical (unpaired) electrons. The molecule has 1 aromatic heterocycles. The molecule has 6 nitrogen and oxygen atoms in total. The molecule has 120 valence electrons. The standard InChI is InChI=1S/C16H22N2O4/c1-12-2-3-15(17-10-12)21-14-4-7-18(11-14)16(19)22-13-5-8-20-9-6-13/h2-3,10,13-14H,4-9,11H2,1H3. The number of aromatic nitrogens is 1. The molecular formula is C16H22N2O4. The molecule has 1 unspecified atom stereocenters. The van der Waals surface area contributed by atoms with Crippen LogP contribution < -0.4 is 4.74 Å². The van der Waals surface area contributed by atoms with Crippen molar-refractivity contribution >= 4 is 6.09 Å². The van der Waals surface area contributed by atoms with Crippen LogP contribution >= 0.6 is 0 Å². The summed E-state index contributed by atoms with van der Waals surface area (Å²) in [5.41, 5.74) is 1.10. The van der Waals surface area contributed by atoms with Crippen LogP contribution in [0.4, 0.5) is 4.79 Å². The number of pyridine rings is 1. The Bertz CT molecular complexity index is 499. The molecule has 3 rings (SSSR count). The van der Waals surface area contributed by atoms with Gasteiger partial charge in [-0.05, 0) is 12.5 Å². The molecule has 1 amide bonds. The second-order valence-corrected chi connectivity index (χ2v) is 5.84. The first kappa shape index (κ1) is 15.1. The highest BCUT2D eigenvalue weighted by molar-refractivity contribution is 5.68. The summed E-state index contributed by atoms with van der Waals surface area (Å²) in [5, 5.41) is 0. The van der Waals surface area contributed by atoms with Crippen LogP contribution in [0, 0.1) is 6.92 Å². The Morgan fingerprint density at radius 2 is 2.09 bits per heavy atom. The van der Waals surface area contributed by atoms with E-state index in [0.29, 0.717) is 32.2 Å². The van der Waals surface area contributed by atoms with Crippen molar-refractivity contribution in [2.24, 2.45) is 0 Å².